The van der Waals surface area contributed by atoms with Crippen molar-refractivity contribution in [1.29, 1.82) is 0 Å². The number of aldehydes is 1. The second kappa shape index (κ2) is 6.70. The zero-order chi connectivity index (χ0) is 14.7. The summed E-state index contributed by atoms with van der Waals surface area (Å²) in [5.41, 5.74) is 1.20. The molecule has 0 aliphatic carbocycles. The predicted molar refractivity (Wildman–Crippen MR) is 83.0 cm³/mol. The Labute approximate surface area is 137 Å². The van der Waals surface area contributed by atoms with Gasteiger partial charge in [0.1, 0.15) is 24.5 Å². The molecule has 2 aromatic carbocycles. The van der Waals surface area contributed by atoms with Crippen LogP contribution in [0.1, 0.15) is 15.9 Å². The van der Waals surface area contributed by atoms with Crippen LogP contribution in [0.2, 0.25) is 5.02 Å². The molecule has 0 N–H and O–H groups in total. The van der Waals surface area contributed by atoms with E-state index in [0.717, 1.165) is 6.29 Å². The summed E-state index contributed by atoms with van der Waals surface area (Å²) in [7, 11) is 0. The van der Waals surface area contributed by atoms with Gasteiger partial charge in [0, 0.05) is 11.1 Å². The summed E-state index contributed by atoms with van der Waals surface area (Å²) < 4.78 is 19.9. The smallest absolute Gasteiger partial charge is 0.150 e. The zero-order valence-corrected chi connectivity index (χ0v) is 13.9. The van der Waals surface area contributed by atoms with Gasteiger partial charge in [-0.15, -0.1) is 0 Å². The molecular weight excluding hydrogens is 414 g/mol. The molecule has 0 radical (unpaired) electrons. The van der Waals surface area contributed by atoms with E-state index in [-0.39, 0.29) is 6.61 Å². The second-order valence-corrected chi connectivity index (χ2v) is 6.07. The molecule has 0 atom stereocenters. The summed E-state index contributed by atoms with van der Waals surface area (Å²) in [6, 6.07) is 7.43. The summed E-state index contributed by atoms with van der Waals surface area (Å²) in [6.45, 7) is 0.191. The Morgan fingerprint density at radius 1 is 1.20 bits per heavy atom. The predicted octanol–water partition coefficient (Wildman–Crippen LogP) is 5.40. The molecule has 0 saturated carbocycles. The normalized spacial score (nSPS) is 10.4. The molecule has 6 heteroatoms. The molecule has 2 nitrogen and oxygen atoms in total. The standard InChI is InChI=1S/C14H8Br2ClFO2/c15-11-3-8(6-19)4-12(16)14(11)20-7-9-1-2-10(18)5-13(9)17/h1-6H,7H2. The van der Waals surface area contributed by atoms with E-state index in [0.29, 0.717) is 30.8 Å². The van der Waals surface area contributed by atoms with Gasteiger partial charge >= 0.3 is 0 Å². The largest absolute Gasteiger partial charge is 0.486 e. The Morgan fingerprint density at radius 2 is 1.85 bits per heavy atom. The van der Waals surface area contributed by atoms with Crippen molar-refractivity contribution in [2.45, 2.75) is 6.61 Å². The Kier molecular flexibility index (Phi) is 5.18. The maximum Gasteiger partial charge on any atom is 0.150 e. The monoisotopic (exact) mass is 420 g/mol. The highest BCUT2D eigenvalue weighted by Crippen LogP contribution is 2.35. The first-order chi connectivity index (χ1) is 9.51. The van der Waals surface area contributed by atoms with Crippen molar-refractivity contribution < 1.29 is 13.9 Å². The van der Waals surface area contributed by atoms with E-state index in [1.807, 2.05) is 0 Å². The van der Waals surface area contributed by atoms with Crippen LogP contribution in [0.15, 0.2) is 39.3 Å². The van der Waals surface area contributed by atoms with Crippen LogP contribution in [0.25, 0.3) is 0 Å². The number of halogens is 4. The highest BCUT2D eigenvalue weighted by molar-refractivity contribution is 9.11. The van der Waals surface area contributed by atoms with Crippen molar-refractivity contribution in [3.8, 4) is 5.75 Å². The van der Waals surface area contributed by atoms with Gasteiger partial charge in [-0.3, -0.25) is 4.79 Å². The van der Waals surface area contributed by atoms with Gasteiger partial charge < -0.3 is 4.74 Å². The first-order valence-corrected chi connectivity index (χ1v) is 7.48. The maximum atomic E-state index is 12.9. The Balaban J connectivity index is 2.21. The third-order valence-corrected chi connectivity index (χ3v) is 4.07. The molecule has 104 valence electrons. The van der Waals surface area contributed by atoms with Crippen LogP contribution in [0.4, 0.5) is 4.39 Å². The van der Waals surface area contributed by atoms with Crippen LogP contribution in [0.3, 0.4) is 0 Å². The van der Waals surface area contributed by atoms with Gasteiger partial charge in [0.15, 0.2) is 0 Å². The molecule has 0 unspecified atom stereocenters. The average Bonchev–Trinajstić information content (AvgIpc) is 2.39. The van der Waals surface area contributed by atoms with Crippen LogP contribution in [0.5, 0.6) is 5.75 Å². The van der Waals surface area contributed by atoms with Gasteiger partial charge in [-0.05, 0) is 56.1 Å². The molecule has 0 aliphatic rings. The van der Waals surface area contributed by atoms with E-state index in [1.54, 1.807) is 18.2 Å². The number of carbonyl (C=O) groups is 1. The number of benzene rings is 2. The van der Waals surface area contributed by atoms with Gasteiger partial charge in [0.2, 0.25) is 0 Å². The van der Waals surface area contributed by atoms with Crippen LogP contribution in [-0.4, -0.2) is 6.29 Å². The molecule has 0 fully saturated rings. The number of rotatable bonds is 4. The summed E-state index contributed by atoms with van der Waals surface area (Å²) in [5, 5.41) is 0.307. The Bertz CT molecular complexity index is 639. The van der Waals surface area contributed by atoms with Crippen LogP contribution in [-0.2, 0) is 6.61 Å². The minimum absolute atomic E-state index is 0.191. The molecular formula is C14H8Br2ClFO2. The number of hydrogen-bond acceptors (Lipinski definition) is 2. The van der Waals surface area contributed by atoms with Gasteiger partial charge in [0.05, 0.1) is 14.0 Å². The minimum Gasteiger partial charge on any atom is -0.486 e. The minimum atomic E-state index is -0.392. The molecule has 0 aliphatic heterocycles. The first kappa shape index (κ1) is 15.5. The highest BCUT2D eigenvalue weighted by Gasteiger charge is 2.10. The molecule has 0 saturated heterocycles. The van der Waals surface area contributed by atoms with Crippen molar-refractivity contribution in [1.82, 2.24) is 0 Å². The van der Waals surface area contributed by atoms with Crippen LogP contribution >= 0.6 is 43.5 Å². The van der Waals surface area contributed by atoms with Crippen molar-refractivity contribution >= 4 is 49.7 Å². The van der Waals surface area contributed by atoms with E-state index in [1.165, 1.54) is 12.1 Å². The highest BCUT2D eigenvalue weighted by atomic mass is 79.9. The summed E-state index contributed by atoms with van der Waals surface area (Å²) in [6.07, 6.45) is 0.746. The lowest BCUT2D eigenvalue weighted by molar-refractivity contribution is 0.112. The van der Waals surface area contributed by atoms with E-state index in [2.05, 4.69) is 31.9 Å². The third-order valence-electron chi connectivity index (χ3n) is 2.54. The van der Waals surface area contributed by atoms with E-state index < -0.39 is 5.82 Å². The molecule has 0 bridgehead atoms. The van der Waals surface area contributed by atoms with E-state index >= 15 is 0 Å². The van der Waals surface area contributed by atoms with Gasteiger partial charge in [-0.1, -0.05) is 17.7 Å². The number of carbonyl (C=O) groups excluding carboxylic acids is 1. The summed E-state index contributed by atoms with van der Waals surface area (Å²) in [5.74, 6) is 0.160. The van der Waals surface area contributed by atoms with Gasteiger partial charge in [-0.25, -0.2) is 4.39 Å². The lowest BCUT2D eigenvalue weighted by Gasteiger charge is -2.12. The van der Waals surface area contributed by atoms with Crippen LogP contribution in [0, 0.1) is 5.82 Å². The Hall–Kier alpha value is -0.910. The lowest BCUT2D eigenvalue weighted by Crippen LogP contribution is -1.99. The van der Waals surface area contributed by atoms with Gasteiger partial charge in [-0.2, -0.15) is 0 Å². The second-order valence-electron chi connectivity index (χ2n) is 3.96. The SMILES string of the molecule is O=Cc1cc(Br)c(OCc2ccc(F)cc2Cl)c(Br)c1. The quantitative estimate of drug-likeness (QED) is 0.617. The molecule has 2 aromatic rings. The van der Waals surface area contributed by atoms with Crippen molar-refractivity contribution in [3.63, 3.8) is 0 Å². The number of hydrogen-bond donors (Lipinski definition) is 0. The first-order valence-electron chi connectivity index (χ1n) is 5.52. The molecule has 2 rings (SSSR count). The van der Waals surface area contributed by atoms with Crippen molar-refractivity contribution in [2.24, 2.45) is 0 Å². The van der Waals surface area contributed by atoms with Crippen LogP contribution < -0.4 is 4.74 Å². The van der Waals surface area contributed by atoms with Crippen molar-refractivity contribution in [2.75, 3.05) is 0 Å². The number of ether oxygens (including phenoxy) is 1. The topological polar surface area (TPSA) is 26.3 Å². The van der Waals surface area contributed by atoms with Crippen molar-refractivity contribution in [3.05, 3.63) is 61.2 Å². The van der Waals surface area contributed by atoms with E-state index in [4.69, 9.17) is 16.3 Å². The summed E-state index contributed by atoms with van der Waals surface area (Å²) >= 11 is 12.6. The molecule has 0 aromatic heterocycles. The Morgan fingerprint density at radius 3 is 2.40 bits per heavy atom. The average molecular weight is 422 g/mol. The third kappa shape index (κ3) is 3.59. The summed E-state index contributed by atoms with van der Waals surface area (Å²) in [4.78, 5) is 10.7. The fourth-order valence-corrected chi connectivity index (χ4v) is 3.25. The molecule has 0 heterocycles. The molecule has 0 amide bonds. The van der Waals surface area contributed by atoms with Gasteiger partial charge in [0.25, 0.3) is 0 Å². The molecule has 20 heavy (non-hydrogen) atoms. The fraction of sp³-hybridized carbons (Fsp3) is 0.0714. The molecule has 0 spiro atoms. The van der Waals surface area contributed by atoms with E-state index in [9.17, 15) is 9.18 Å². The lowest BCUT2D eigenvalue weighted by atomic mass is 10.2. The zero-order valence-electron chi connectivity index (χ0n) is 10.00. The maximum absolute atomic E-state index is 12.9. The fourth-order valence-electron chi connectivity index (χ4n) is 1.57.